The van der Waals surface area contributed by atoms with E-state index in [2.05, 4.69) is 10.6 Å². The van der Waals surface area contributed by atoms with E-state index in [1.54, 1.807) is 38.6 Å². The predicted molar refractivity (Wildman–Crippen MR) is 100 cm³/mol. The molecule has 0 aliphatic carbocycles. The van der Waals surface area contributed by atoms with Crippen LogP contribution in [0.2, 0.25) is 5.02 Å². The van der Waals surface area contributed by atoms with Gasteiger partial charge in [0.2, 0.25) is 0 Å². The van der Waals surface area contributed by atoms with Crippen molar-refractivity contribution in [3.63, 3.8) is 0 Å². The van der Waals surface area contributed by atoms with E-state index in [0.29, 0.717) is 16.5 Å². The van der Waals surface area contributed by atoms with Gasteiger partial charge in [0.15, 0.2) is 11.5 Å². The first-order valence-corrected chi connectivity index (χ1v) is 8.12. The molecule has 0 aliphatic heterocycles. The molecule has 0 radical (unpaired) electrons. The summed E-state index contributed by atoms with van der Waals surface area (Å²) in [6, 6.07) is 12.4. The maximum atomic E-state index is 12.0. The molecule has 25 heavy (non-hydrogen) atoms. The van der Waals surface area contributed by atoms with Crippen molar-refractivity contribution in [2.24, 2.45) is 0 Å². The molecule has 0 heterocycles. The minimum Gasteiger partial charge on any atom is -0.493 e. The smallest absolute Gasteiger partial charge is 0.319 e. The molecule has 5 nitrogen and oxygen atoms in total. The van der Waals surface area contributed by atoms with Gasteiger partial charge < -0.3 is 20.1 Å². The van der Waals surface area contributed by atoms with Crippen LogP contribution in [0, 0.1) is 0 Å². The Balaban J connectivity index is 1.92. The van der Waals surface area contributed by atoms with E-state index in [9.17, 15) is 4.79 Å². The Morgan fingerprint density at radius 2 is 1.76 bits per heavy atom. The van der Waals surface area contributed by atoms with Crippen LogP contribution in [0.25, 0.3) is 6.08 Å². The summed E-state index contributed by atoms with van der Waals surface area (Å²) < 4.78 is 10.5. The Morgan fingerprint density at radius 1 is 1.08 bits per heavy atom. The number of benzene rings is 2. The number of carbonyl (C=O) groups excluding carboxylic acids is 1. The number of rotatable bonds is 6. The van der Waals surface area contributed by atoms with Gasteiger partial charge in [0, 0.05) is 11.2 Å². The Bertz CT molecular complexity index is 745. The molecule has 2 aromatic rings. The molecule has 2 rings (SSSR count). The van der Waals surface area contributed by atoms with Crippen LogP contribution in [0.15, 0.2) is 48.7 Å². The van der Waals surface area contributed by atoms with Crippen molar-refractivity contribution in [1.29, 1.82) is 0 Å². The number of methoxy groups -OCH3 is 2. The zero-order valence-electron chi connectivity index (χ0n) is 14.4. The summed E-state index contributed by atoms with van der Waals surface area (Å²) in [6.45, 7) is 1.89. The lowest BCUT2D eigenvalue weighted by Crippen LogP contribution is -2.34. The number of hydrogen-bond donors (Lipinski definition) is 2. The van der Waals surface area contributed by atoms with Crippen molar-refractivity contribution in [1.82, 2.24) is 10.6 Å². The Morgan fingerprint density at radius 3 is 2.40 bits per heavy atom. The number of amides is 2. The lowest BCUT2D eigenvalue weighted by Gasteiger charge is -2.16. The van der Waals surface area contributed by atoms with E-state index in [1.807, 2.05) is 37.3 Å². The molecular weight excluding hydrogens is 340 g/mol. The first-order chi connectivity index (χ1) is 12.0. The van der Waals surface area contributed by atoms with Gasteiger partial charge in [0.25, 0.3) is 0 Å². The summed E-state index contributed by atoms with van der Waals surface area (Å²) in [5, 5.41) is 6.21. The van der Waals surface area contributed by atoms with Crippen molar-refractivity contribution in [3.05, 3.63) is 64.8 Å². The second-order valence-electron chi connectivity index (χ2n) is 5.34. The molecular formula is C19H21ClN2O3. The van der Waals surface area contributed by atoms with Gasteiger partial charge in [0.1, 0.15) is 0 Å². The van der Waals surface area contributed by atoms with Crippen LogP contribution in [0.5, 0.6) is 11.5 Å². The predicted octanol–water partition coefficient (Wildman–Crippen LogP) is 4.39. The molecule has 0 spiro atoms. The highest BCUT2D eigenvalue weighted by molar-refractivity contribution is 6.30. The summed E-state index contributed by atoms with van der Waals surface area (Å²) >= 11 is 5.83. The molecule has 2 aromatic carbocycles. The highest BCUT2D eigenvalue weighted by Gasteiger charge is 2.12. The topological polar surface area (TPSA) is 59.6 Å². The molecule has 1 unspecified atom stereocenters. The molecule has 0 aromatic heterocycles. The number of ether oxygens (including phenoxy) is 2. The van der Waals surface area contributed by atoms with Gasteiger partial charge in [0.05, 0.1) is 20.3 Å². The number of hydrogen-bond acceptors (Lipinski definition) is 3. The Labute approximate surface area is 152 Å². The quantitative estimate of drug-likeness (QED) is 0.803. The first-order valence-electron chi connectivity index (χ1n) is 7.74. The molecule has 0 fully saturated rings. The second kappa shape index (κ2) is 8.99. The molecule has 0 bridgehead atoms. The van der Waals surface area contributed by atoms with Gasteiger partial charge in [-0.15, -0.1) is 0 Å². The zero-order chi connectivity index (χ0) is 18.2. The fraction of sp³-hybridized carbons (Fsp3) is 0.211. The fourth-order valence-electron chi connectivity index (χ4n) is 2.23. The molecule has 0 aliphatic rings. The zero-order valence-corrected chi connectivity index (χ0v) is 15.1. The van der Waals surface area contributed by atoms with Gasteiger partial charge in [-0.3, -0.25) is 0 Å². The van der Waals surface area contributed by atoms with E-state index in [4.69, 9.17) is 21.1 Å². The van der Waals surface area contributed by atoms with E-state index in [0.717, 1.165) is 11.1 Å². The van der Waals surface area contributed by atoms with Gasteiger partial charge in [-0.05, 0) is 48.4 Å². The van der Waals surface area contributed by atoms with E-state index >= 15 is 0 Å². The number of carbonyl (C=O) groups is 1. The molecule has 2 amide bonds. The Hall–Kier alpha value is -2.66. The first kappa shape index (κ1) is 18.7. The summed E-state index contributed by atoms with van der Waals surface area (Å²) in [7, 11) is 3.16. The number of urea groups is 1. The summed E-state index contributed by atoms with van der Waals surface area (Å²) in [5.41, 5.74) is 1.85. The van der Waals surface area contributed by atoms with Crippen LogP contribution >= 0.6 is 11.6 Å². The van der Waals surface area contributed by atoms with Crippen molar-refractivity contribution in [3.8, 4) is 11.5 Å². The van der Waals surface area contributed by atoms with Gasteiger partial charge in [-0.2, -0.15) is 0 Å². The van der Waals surface area contributed by atoms with Crippen LogP contribution in [-0.2, 0) is 0 Å². The van der Waals surface area contributed by atoms with Crippen LogP contribution in [0.3, 0.4) is 0 Å². The fourth-order valence-corrected chi connectivity index (χ4v) is 2.36. The average Bonchev–Trinajstić information content (AvgIpc) is 2.62. The monoisotopic (exact) mass is 360 g/mol. The minimum atomic E-state index is -0.299. The minimum absolute atomic E-state index is 0.191. The van der Waals surface area contributed by atoms with Crippen LogP contribution in [0.4, 0.5) is 4.79 Å². The van der Waals surface area contributed by atoms with E-state index in [-0.39, 0.29) is 12.1 Å². The number of nitrogens with one attached hydrogen (secondary N) is 2. The highest BCUT2D eigenvalue weighted by Crippen LogP contribution is 2.29. The third kappa shape index (κ3) is 5.43. The summed E-state index contributed by atoms with van der Waals surface area (Å²) in [5.74, 6) is 1.27. The third-order valence-electron chi connectivity index (χ3n) is 3.62. The molecule has 0 saturated heterocycles. The van der Waals surface area contributed by atoms with Gasteiger partial charge in [-0.25, -0.2) is 4.79 Å². The van der Waals surface area contributed by atoms with Crippen molar-refractivity contribution < 1.29 is 14.3 Å². The third-order valence-corrected chi connectivity index (χ3v) is 3.87. The summed E-state index contributed by atoms with van der Waals surface area (Å²) in [6.07, 6.45) is 3.37. The SMILES string of the molecule is COc1ccc(C(C)NC(=O)N/C=C/c2ccc(Cl)cc2)cc1OC. The van der Waals surface area contributed by atoms with Gasteiger partial charge >= 0.3 is 6.03 Å². The molecule has 0 saturated carbocycles. The molecule has 1 atom stereocenters. The molecule has 2 N–H and O–H groups in total. The molecule has 6 heteroatoms. The van der Waals surface area contributed by atoms with E-state index < -0.39 is 0 Å². The second-order valence-corrected chi connectivity index (χ2v) is 5.78. The maximum absolute atomic E-state index is 12.0. The van der Waals surface area contributed by atoms with Crippen LogP contribution < -0.4 is 20.1 Å². The standard InChI is InChI=1S/C19H21ClN2O3/c1-13(15-6-9-17(24-2)18(12-15)25-3)22-19(23)21-11-10-14-4-7-16(20)8-5-14/h4-13H,1-3H3,(H2,21,22,23)/b11-10+. The van der Waals surface area contributed by atoms with Crippen LogP contribution in [0.1, 0.15) is 24.1 Å². The largest absolute Gasteiger partial charge is 0.493 e. The molecule has 132 valence electrons. The maximum Gasteiger partial charge on any atom is 0.319 e. The highest BCUT2D eigenvalue weighted by atomic mass is 35.5. The van der Waals surface area contributed by atoms with E-state index in [1.165, 1.54) is 0 Å². The van der Waals surface area contributed by atoms with Crippen LogP contribution in [-0.4, -0.2) is 20.3 Å². The Kier molecular flexibility index (Phi) is 6.71. The van der Waals surface area contributed by atoms with Crippen molar-refractivity contribution >= 4 is 23.7 Å². The normalized spacial score (nSPS) is 11.8. The average molecular weight is 361 g/mol. The number of halogens is 1. The lowest BCUT2D eigenvalue weighted by atomic mass is 10.1. The lowest BCUT2D eigenvalue weighted by molar-refractivity contribution is 0.241. The van der Waals surface area contributed by atoms with Gasteiger partial charge in [-0.1, -0.05) is 29.8 Å². The summed E-state index contributed by atoms with van der Waals surface area (Å²) in [4.78, 5) is 12.0. The van der Waals surface area contributed by atoms with Crippen molar-refractivity contribution in [2.75, 3.05) is 14.2 Å². The van der Waals surface area contributed by atoms with Crippen molar-refractivity contribution in [2.45, 2.75) is 13.0 Å².